The number of rotatable bonds is 2. The molecular weight excluding hydrogens is 234 g/mol. The molecule has 0 aliphatic carbocycles. The minimum absolute atomic E-state index is 0.0680. The van der Waals surface area contributed by atoms with Gasteiger partial charge in [0.05, 0.1) is 0 Å². The van der Waals surface area contributed by atoms with Gasteiger partial charge in [0.1, 0.15) is 6.10 Å². The summed E-state index contributed by atoms with van der Waals surface area (Å²) in [6.07, 6.45) is 3.53. The Labute approximate surface area is 103 Å². The minimum atomic E-state index is -0.0845. The number of nitrogens with zero attached hydrogens (tertiary/aromatic N) is 3. The van der Waals surface area contributed by atoms with Gasteiger partial charge in [-0.25, -0.2) is 0 Å². The highest BCUT2D eigenvalue weighted by atomic mass is 16.5. The summed E-state index contributed by atoms with van der Waals surface area (Å²) in [7, 11) is 1.69. The Morgan fingerprint density at radius 2 is 2.33 bits per heavy atom. The predicted molar refractivity (Wildman–Crippen MR) is 62.9 cm³/mol. The summed E-state index contributed by atoms with van der Waals surface area (Å²) in [6.45, 7) is 0.738. The molecule has 18 heavy (non-hydrogen) atoms. The van der Waals surface area contributed by atoms with E-state index in [1.165, 1.54) is 10.6 Å². The van der Waals surface area contributed by atoms with Gasteiger partial charge in [-0.2, -0.15) is 4.98 Å². The molecule has 6 heteroatoms. The highest BCUT2D eigenvalue weighted by molar-refractivity contribution is 5.52. The van der Waals surface area contributed by atoms with Gasteiger partial charge in [-0.1, -0.05) is 5.16 Å². The lowest BCUT2D eigenvalue weighted by molar-refractivity contribution is 0.0835. The van der Waals surface area contributed by atoms with Crippen LogP contribution in [0.3, 0.4) is 0 Å². The third-order valence-electron chi connectivity index (χ3n) is 2.99. The number of ether oxygens (including phenoxy) is 1. The van der Waals surface area contributed by atoms with Gasteiger partial charge in [0, 0.05) is 31.5 Å². The average Bonchev–Trinajstić information content (AvgIpc) is 3.01. The summed E-state index contributed by atoms with van der Waals surface area (Å²) >= 11 is 0. The lowest BCUT2D eigenvalue weighted by Gasteiger charge is -2.00. The summed E-state index contributed by atoms with van der Waals surface area (Å²) in [5, 5.41) is 3.92. The Kier molecular flexibility index (Phi) is 2.71. The minimum Gasteiger partial charge on any atom is -0.368 e. The van der Waals surface area contributed by atoms with E-state index in [1.807, 2.05) is 0 Å². The second-order valence-corrected chi connectivity index (χ2v) is 4.32. The standard InChI is InChI=1S/C12H13N3O3/c1-15-7-8(4-5-10(15)16)11-13-12(18-14-11)9-3-2-6-17-9/h4-5,7,9H,2-3,6H2,1H3. The van der Waals surface area contributed by atoms with Gasteiger partial charge in [0.15, 0.2) is 0 Å². The molecular formula is C12H13N3O3. The molecule has 1 atom stereocenters. The second kappa shape index (κ2) is 4.38. The quantitative estimate of drug-likeness (QED) is 0.799. The molecule has 0 amide bonds. The van der Waals surface area contributed by atoms with Crippen molar-refractivity contribution in [3.05, 3.63) is 34.6 Å². The van der Waals surface area contributed by atoms with E-state index in [1.54, 1.807) is 19.3 Å². The Balaban J connectivity index is 1.92. The molecule has 0 spiro atoms. The van der Waals surface area contributed by atoms with Crippen LogP contribution >= 0.6 is 0 Å². The van der Waals surface area contributed by atoms with Crippen LogP contribution in [0.25, 0.3) is 11.4 Å². The molecule has 2 aromatic rings. The smallest absolute Gasteiger partial charge is 0.256 e. The van der Waals surface area contributed by atoms with Crippen LogP contribution in [-0.2, 0) is 11.8 Å². The molecule has 0 radical (unpaired) electrons. The van der Waals surface area contributed by atoms with Crippen LogP contribution in [0.2, 0.25) is 0 Å². The van der Waals surface area contributed by atoms with Gasteiger partial charge in [-0.3, -0.25) is 4.79 Å². The first-order valence-electron chi connectivity index (χ1n) is 5.86. The van der Waals surface area contributed by atoms with Gasteiger partial charge >= 0.3 is 0 Å². The molecule has 1 unspecified atom stereocenters. The first-order valence-corrected chi connectivity index (χ1v) is 5.86. The van der Waals surface area contributed by atoms with E-state index in [2.05, 4.69) is 10.1 Å². The highest BCUT2D eigenvalue weighted by Crippen LogP contribution is 2.28. The fourth-order valence-electron chi connectivity index (χ4n) is 1.98. The zero-order valence-electron chi connectivity index (χ0n) is 10.00. The van der Waals surface area contributed by atoms with Crippen molar-refractivity contribution >= 4 is 0 Å². The maximum absolute atomic E-state index is 11.3. The zero-order valence-corrected chi connectivity index (χ0v) is 10.00. The van der Waals surface area contributed by atoms with Crippen molar-refractivity contribution in [1.29, 1.82) is 0 Å². The zero-order chi connectivity index (χ0) is 12.5. The van der Waals surface area contributed by atoms with Crippen molar-refractivity contribution < 1.29 is 9.26 Å². The van der Waals surface area contributed by atoms with Crippen LogP contribution in [-0.4, -0.2) is 21.3 Å². The number of aryl methyl sites for hydroxylation is 1. The maximum atomic E-state index is 11.3. The molecule has 0 aromatic carbocycles. The first-order chi connectivity index (χ1) is 8.74. The molecule has 0 bridgehead atoms. The van der Waals surface area contributed by atoms with Crippen molar-refractivity contribution in [2.24, 2.45) is 7.05 Å². The molecule has 2 aromatic heterocycles. The van der Waals surface area contributed by atoms with Gasteiger partial charge in [0.25, 0.3) is 5.89 Å². The van der Waals surface area contributed by atoms with E-state index in [0.717, 1.165) is 25.0 Å². The lowest BCUT2D eigenvalue weighted by atomic mass is 10.2. The molecule has 94 valence electrons. The summed E-state index contributed by atoms with van der Waals surface area (Å²) in [6, 6.07) is 3.17. The van der Waals surface area contributed by atoms with Crippen molar-refractivity contribution in [3.63, 3.8) is 0 Å². The summed E-state index contributed by atoms with van der Waals surface area (Å²) < 4.78 is 12.2. The molecule has 6 nitrogen and oxygen atoms in total. The van der Waals surface area contributed by atoms with Gasteiger partial charge in [-0.15, -0.1) is 0 Å². The van der Waals surface area contributed by atoms with E-state index in [9.17, 15) is 4.79 Å². The highest BCUT2D eigenvalue weighted by Gasteiger charge is 2.24. The Morgan fingerprint density at radius 1 is 1.44 bits per heavy atom. The van der Waals surface area contributed by atoms with Gasteiger partial charge < -0.3 is 13.8 Å². The third-order valence-corrected chi connectivity index (χ3v) is 2.99. The lowest BCUT2D eigenvalue weighted by Crippen LogP contribution is -2.14. The van der Waals surface area contributed by atoms with E-state index >= 15 is 0 Å². The summed E-state index contributed by atoms with van der Waals surface area (Å²) in [5.41, 5.74) is 0.687. The monoisotopic (exact) mass is 247 g/mol. The van der Waals surface area contributed by atoms with E-state index in [4.69, 9.17) is 9.26 Å². The Morgan fingerprint density at radius 3 is 3.06 bits per heavy atom. The summed E-state index contributed by atoms with van der Waals surface area (Å²) in [4.78, 5) is 15.6. The van der Waals surface area contributed by atoms with Gasteiger partial charge in [0.2, 0.25) is 11.4 Å². The molecule has 1 aliphatic rings. The van der Waals surface area contributed by atoms with Crippen molar-refractivity contribution in [2.45, 2.75) is 18.9 Å². The number of hydrogen-bond donors (Lipinski definition) is 0. The van der Waals surface area contributed by atoms with Crippen LogP contribution in [0.1, 0.15) is 24.8 Å². The van der Waals surface area contributed by atoms with Crippen molar-refractivity contribution in [2.75, 3.05) is 6.61 Å². The fraction of sp³-hybridized carbons (Fsp3) is 0.417. The van der Waals surface area contributed by atoms with Crippen LogP contribution in [0.15, 0.2) is 27.6 Å². The molecule has 1 aliphatic heterocycles. The Hall–Kier alpha value is -1.95. The Bertz CT molecular complexity index is 611. The SMILES string of the molecule is Cn1cc(-c2noc(C3CCCO3)n2)ccc1=O. The average molecular weight is 247 g/mol. The summed E-state index contributed by atoms with van der Waals surface area (Å²) in [5.74, 6) is 0.993. The van der Waals surface area contributed by atoms with Crippen molar-refractivity contribution in [3.8, 4) is 11.4 Å². The largest absolute Gasteiger partial charge is 0.368 e. The first kappa shape index (κ1) is 11.2. The molecule has 0 N–H and O–H groups in total. The molecule has 1 saturated heterocycles. The predicted octanol–water partition coefficient (Wildman–Crippen LogP) is 1.29. The van der Waals surface area contributed by atoms with Crippen LogP contribution in [0.5, 0.6) is 0 Å². The van der Waals surface area contributed by atoms with Gasteiger partial charge in [-0.05, 0) is 18.9 Å². The molecule has 1 fully saturated rings. The van der Waals surface area contributed by atoms with E-state index in [0.29, 0.717) is 11.7 Å². The molecule has 0 saturated carbocycles. The van der Waals surface area contributed by atoms with Crippen LogP contribution in [0.4, 0.5) is 0 Å². The van der Waals surface area contributed by atoms with Crippen molar-refractivity contribution in [1.82, 2.24) is 14.7 Å². The maximum Gasteiger partial charge on any atom is 0.256 e. The van der Waals surface area contributed by atoms with E-state index in [-0.39, 0.29) is 11.7 Å². The number of hydrogen-bond acceptors (Lipinski definition) is 5. The van der Waals surface area contributed by atoms with Crippen LogP contribution < -0.4 is 5.56 Å². The normalized spacial score (nSPS) is 19.3. The van der Waals surface area contributed by atoms with E-state index < -0.39 is 0 Å². The second-order valence-electron chi connectivity index (χ2n) is 4.32. The fourth-order valence-corrected chi connectivity index (χ4v) is 1.98. The number of pyridine rings is 1. The molecule has 3 rings (SSSR count). The number of aromatic nitrogens is 3. The van der Waals surface area contributed by atoms with Crippen LogP contribution in [0, 0.1) is 0 Å². The topological polar surface area (TPSA) is 70.2 Å². The molecule has 3 heterocycles. The third kappa shape index (κ3) is 1.95.